The molecular formula is C13H19N5SSi. The molecule has 3 aliphatic heterocycles. The van der Waals surface area contributed by atoms with Crippen LogP contribution in [0.15, 0.2) is 17.6 Å². The summed E-state index contributed by atoms with van der Waals surface area (Å²) in [6.07, 6.45) is 3.49. The SMILES string of the molecule is CC1(C)CSC(c2c3ncnc-3ncn2[Si](C)(C)C)=N1. The lowest BCUT2D eigenvalue weighted by Gasteiger charge is -2.25. The molecule has 106 valence electrons. The van der Waals surface area contributed by atoms with E-state index in [0.717, 1.165) is 22.2 Å². The lowest BCUT2D eigenvalue weighted by molar-refractivity contribution is 0.605. The standard InChI is InChI=1S/C13H19N5SSi/c1-13(2)6-19-12(17-13)10-9-11(15-7-14-9)16-8-18(10)20(3,4)5/h7-8H,6H2,1-5H3. The number of aromatic nitrogens is 4. The fraction of sp³-hybridized carbons (Fsp3) is 0.538. The number of aliphatic imine (C=N–C) groups is 1. The molecule has 5 nitrogen and oxygen atoms in total. The maximum atomic E-state index is 4.88. The Kier molecular flexibility index (Phi) is 3.02. The molecule has 0 N–H and O–H groups in total. The Morgan fingerprint density at radius 3 is 2.55 bits per heavy atom. The summed E-state index contributed by atoms with van der Waals surface area (Å²) >= 11 is 1.81. The van der Waals surface area contributed by atoms with Crippen LogP contribution < -0.4 is 0 Å². The summed E-state index contributed by atoms with van der Waals surface area (Å²) < 4.78 is 2.29. The zero-order chi connectivity index (χ0) is 14.5. The smallest absolute Gasteiger partial charge is 0.183 e. The second kappa shape index (κ2) is 4.39. The number of hydrogen-bond donors (Lipinski definition) is 0. The molecule has 0 aromatic carbocycles. The highest BCUT2D eigenvalue weighted by molar-refractivity contribution is 8.14. The molecule has 0 fully saturated rings. The van der Waals surface area contributed by atoms with Crippen LogP contribution in [0, 0.1) is 0 Å². The van der Waals surface area contributed by atoms with Crippen LogP contribution in [0.4, 0.5) is 0 Å². The molecule has 0 amide bonds. The van der Waals surface area contributed by atoms with Crippen molar-refractivity contribution >= 4 is 25.0 Å². The molecule has 0 unspecified atom stereocenters. The van der Waals surface area contributed by atoms with Gasteiger partial charge in [-0.2, -0.15) is 0 Å². The van der Waals surface area contributed by atoms with Gasteiger partial charge in [0, 0.05) is 5.75 Å². The molecule has 20 heavy (non-hydrogen) atoms. The van der Waals surface area contributed by atoms with Crippen molar-refractivity contribution in [3.63, 3.8) is 0 Å². The fourth-order valence-electron chi connectivity index (χ4n) is 2.22. The first-order valence-electron chi connectivity index (χ1n) is 6.69. The summed E-state index contributed by atoms with van der Waals surface area (Å²) in [7, 11) is -1.59. The third-order valence-electron chi connectivity index (χ3n) is 3.23. The normalized spacial score (nSPS) is 18.6. The van der Waals surface area contributed by atoms with Gasteiger partial charge in [0.25, 0.3) is 0 Å². The molecule has 0 saturated carbocycles. The van der Waals surface area contributed by atoms with Gasteiger partial charge in [0.15, 0.2) is 14.1 Å². The number of nitrogens with zero attached hydrogens (tertiary/aromatic N) is 5. The Morgan fingerprint density at radius 2 is 1.95 bits per heavy atom. The minimum absolute atomic E-state index is 0.00706. The minimum Gasteiger partial charge on any atom is -0.357 e. The van der Waals surface area contributed by atoms with E-state index in [1.54, 1.807) is 18.1 Å². The number of rotatable bonds is 2. The molecule has 0 aliphatic carbocycles. The lowest BCUT2D eigenvalue weighted by Crippen LogP contribution is -2.36. The first kappa shape index (κ1) is 13.8. The molecule has 3 rings (SSSR count). The van der Waals surface area contributed by atoms with Crippen molar-refractivity contribution in [3.05, 3.63) is 18.3 Å². The van der Waals surface area contributed by atoms with Crippen LogP contribution in [0.5, 0.6) is 0 Å². The Labute approximate surface area is 124 Å². The quantitative estimate of drug-likeness (QED) is 0.801. The summed E-state index contributed by atoms with van der Waals surface area (Å²) in [6.45, 7) is 11.2. The van der Waals surface area contributed by atoms with E-state index in [1.165, 1.54) is 0 Å². The topological polar surface area (TPSA) is 56.0 Å². The lowest BCUT2D eigenvalue weighted by atomic mass is 10.1. The summed E-state index contributed by atoms with van der Waals surface area (Å²) in [5.74, 6) is 1.72. The van der Waals surface area contributed by atoms with Crippen LogP contribution in [0.2, 0.25) is 19.6 Å². The molecule has 0 saturated heterocycles. The highest BCUT2D eigenvalue weighted by atomic mass is 32.2. The zero-order valence-corrected chi connectivity index (χ0v) is 14.3. The van der Waals surface area contributed by atoms with Crippen LogP contribution in [0.1, 0.15) is 19.5 Å². The predicted molar refractivity (Wildman–Crippen MR) is 86.3 cm³/mol. The van der Waals surface area contributed by atoms with Gasteiger partial charge in [-0.1, -0.05) is 19.6 Å². The van der Waals surface area contributed by atoms with Crippen molar-refractivity contribution in [3.8, 4) is 11.5 Å². The minimum atomic E-state index is -1.59. The van der Waals surface area contributed by atoms with E-state index in [2.05, 4.69) is 52.7 Å². The predicted octanol–water partition coefficient (Wildman–Crippen LogP) is 2.73. The van der Waals surface area contributed by atoms with Gasteiger partial charge in [-0.15, -0.1) is 11.8 Å². The van der Waals surface area contributed by atoms with Gasteiger partial charge in [0.05, 0.1) is 17.6 Å². The molecule has 3 aliphatic rings. The molecule has 7 heteroatoms. The van der Waals surface area contributed by atoms with Gasteiger partial charge in [0.2, 0.25) is 0 Å². The number of hydrogen-bond acceptors (Lipinski definition) is 5. The van der Waals surface area contributed by atoms with E-state index in [4.69, 9.17) is 4.99 Å². The highest BCUT2D eigenvalue weighted by Gasteiger charge is 2.33. The molecule has 0 aromatic rings. The van der Waals surface area contributed by atoms with Crippen LogP contribution >= 0.6 is 11.8 Å². The van der Waals surface area contributed by atoms with Gasteiger partial charge in [0.1, 0.15) is 17.1 Å². The van der Waals surface area contributed by atoms with E-state index >= 15 is 0 Å². The fourth-order valence-corrected chi connectivity index (χ4v) is 4.79. The summed E-state index contributed by atoms with van der Waals surface area (Å²) in [4.78, 5) is 18.0. The van der Waals surface area contributed by atoms with E-state index in [-0.39, 0.29) is 5.54 Å². The maximum Gasteiger partial charge on any atom is 0.183 e. The highest BCUT2D eigenvalue weighted by Crippen LogP contribution is 2.34. The number of fused-ring (bicyclic) bond motifs is 1. The second-order valence-electron chi connectivity index (χ2n) is 6.70. The van der Waals surface area contributed by atoms with Crippen molar-refractivity contribution in [2.24, 2.45) is 4.99 Å². The van der Waals surface area contributed by atoms with Crippen LogP contribution in [0.25, 0.3) is 11.5 Å². The molecular weight excluding hydrogens is 286 g/mol. The molecule has 0 radical (unpaired) electrons. The first-order chi connectivity index (χ1) is 9.28. The van der Waals surface area contributed by atoms with E-state index in [1.807, 2.05) is 6.33 Å². The van der Waals surface area contributed by atoms with Crippen LogP contribution in [0.3, 0.4) is 0 Å². The van der Waals surface area contributed by atoms with Crippen molar-refractivity contribution in [1.82, 2.24) is 19.2 Å². The summed E-state index contributed by atoms with van der Waals surface area (Å²) in [6, 6.07) is 0. The third-order valence-corrected chi connectivity index (χ3v) is 6.42. The molecule has 0 aromatic heterocycles. The Balaban J connectivity index is 2.26. The number of thioether (sulfide) groups is 1. The average Bonchev–Trinajstić information content (AvgIpc) is 2.92. The molecule has 0 bridgehead atoms. The average molecular weight is 305 g/mol. The van der Waals surface area contributed by atoms with E-state index < -0.39 is 8.24 Å². The van der Waals surface area contributed by atoms with Crippen molar-refractivity contribution in [2.75, 3.05) is 5.75 Å². The molecule has 3 heterocycles. The van der Waals surface area contributed by atoms with E-state index in [9.17, 15) is 0 Å². The van der Waals surface area contributed by atoms with Gasteiger partial charge in [-0.25, -0.2) is 15.0 Å². The zero-order valence-electron chi connectivity index (χ0n) is 12.5. The van der Waals surface area contributed by atoms with Crippen molar-refractivity contribution in [2.45, 2.75) is 39.0 Å². The van der Waals surface area contributed by atoms with Gasteiger partial charge >= 0.3 is 0 Å². The maximum absolute atomic E-state index is 4.88. The first-order valence-corrected chi connectivity index (χ1v) is 11.1. The summed E-state index contributed by atoms with van der Waals surface area (Å²) in [5.41, 5.74) is 1.97. The van der Waals surface area contributed by atoms with E-state index in [0.29, 0.717) is 5.82 Å². The molecule has 0 atom stereocenters. The monoisotopic (exact) mass is 305 g/mol. The Bertz CT molecular complexity index is 655. The van der Waals surface area contributed by atoms with Crippen molar-refractivity contribution < 1.29 is 0 Å². The van der Waals surface area contributed by atoms with Gasteiger partial charge in [-0.05, 0) is 13.8 Å². The third kappa shape index (κ3) is 2.29. The van der Waals surface area contributed by atoms with Crippen molar-refractivity contribution in [1.29, 1.82) is 0 Å². The van der Waals surface area contributed by atoms with Crippen LogP contribution in [-0.2, 0) is 0 Å². The van der Waals surface area contributed by atoms with Gasteiger partial charge in [-0.3, -0.25) is 4.99 Å². The summed E-state index contributed by atoms with van der Waals surface area (Å²) in [5, 5.41) is 1.07. The van der Waals surface area contributed by atoms with Crippen LogP contribution in [-0.4, -0.2) is 43.8 Å². The van der Waals surface area contributed by atoms with Gasteiger partial charge < -0.3 is 4.23 Å². The number of imidazole rings is 1. The molecule has 0 spiro atoms. The Hall–Kier alpha value is -1.21. The largest absolute Gasteiger partial charge is 0.357 e. The second-order valence-corrected chi connectivity index (χ2v) is 12.5. The Morgan fingerprint density at radius 1 is 1.20 bits per heavy atom.